The van der Waals surface area contributed by atoms with Gasteiger partial charge in [0.2, 0.25) is 11.8 Å². The number of nitrogens with zero attached hydrogens (tertiary/aromatic N) is 3. The van der Waals surface area contributed by atoms with Gasteiger partial charge in [-0.3, -0.25) is 4.79 Å². The van der Waals surface area contributed by atoms with E-state index >= 15 is 0 Å². The molecule has 5 nitrogen and oxygen atoms in total. The Morgan fingerprint density at radius 3 is 2.95 bits per heavy atom. The molecule has 1 aromatic carbocycles. The fourth-order valence-corrected chi connectivity index (χ4v) is 2.60. The maximum Gasteiger partial charge on any atom is 0.232 e. The highest BCUT2D eigenvalue weighted by atomic mass is 35.5. The van der Waals surface area contributed by atoms with Gasteiger partial charge in [0.05, 0.1) is 5.92 Å². The fourth-order valence-electron chi connectivity index (χ4n) is 2.40. The van der Waals surface area contributed by atoms with E-state index < -0.39 is 0 Å². The number of hydrogen-bond acceptors (Lipinski definition) is 4. The molecule has 0 N–H and O–H groups in total. The summed E-state index contributed by atoms with van der Waals surface area (Å²) in [5.74, 6) is 1.20. The van der Waals surface area contributed by atoms with Gasteiger partial charge in [-0.25, -0.2) is 0 Å². The van der Waals surface area contributed by atoms with E-state index in [-0.39, 0.29) is 11.8 Å². The third kappa shape index (κ3) is 2.54. The van der Waals surface area contributed by atoms with Gasteiger partial charge in [-0.05, 0) is 18.6 Å². The minimum Gasteiger partial charge on any atom is -0.339 e. The maximum atomic E-state index is 12.1. The molecular formula is C14H14ClN3O2. The third-order valence-corrected chi connectivity index (χ3v) is 3.79. The van der Waals surface area contributed by atoms with Crippen LogP contribution in [0.1, 0.15) is 29.6 Å². The lowest BCUT2D eigenvalue weighted by atomic mass is 10.1. The first kappa shape index (κ1) is 13.1. The van der Waals surface area contributed by atoms with Crippen LogP contribution in [0.15, 0.2) is 28.8 Å². The van der Waals surface area contributed by atoms with Crippen LogP contribution in [0.5, 0.6) is 0 Å². The number of amides is 1. The van der Waals surface area contributed by atoms with E-state index in [0.29, 0.717) is 36.2 Å². The smallest absolute Gasteiger partial charge is 0.232 e. The number of rotatable bonds is 3. The number of hydrogen-bond donors (Lipinski definition) is 0. The van der Waals surface area contributed by atoms with Gasteiger partial charge in [0.25, 0.3) is 0 Å². The summed E-state index contributed by atoms with van der Waals surface area (Å²) in [5.41, 5.74) is 0.949. The van der Waals surface area contributed by atoms with Gasteiger partial charge in [-0.15, -0.1) is 0 Å². The van der Waals surface area contributed by atoms with E-state index in [1.54, 1.807) is 11.8 Å². The normalized spacial score (nSPS) is 18.8. The van der Waals surface area contributed by atoms with Crippen LogP contribution in [0.4, 0.5) is 0 Å². The monoisotopic (exact) mass is 291 g/mol. The van der Waals surface area contributed by atoms with E-state index in [9.17, 15) is 4.79 Å². The Labute approximate surface area is 121 Å². The van der Waals surface area contributed by atoms with Gasteiger partial charge in [0.15, 0.2) is 5.82 Å². The number of halogens is 1. The van der Waals surface area contributed by atoms with E-state index in [1.165, 1.54) is 0 Å². The zero-order valence-electron chi connectivity index (χ0n) is 11.0. The molecule has 2 heterocycles. The SMILES string of the molecule is Cc1noc(C2CC(=O)N(Cc3ccccc3Cl)C2)n1. The van der Waals surface area contributed by atoms with Crippen molar-refractivity contribution in [1.82, 2.24) is 15.0 Å². The summed E-state index contributed by atoms with van der Waals surface area (Å²) in [7, 11) is 0. The highest BCUT2D eigenvalue weighted by Gasteiger charge is 2.34. The van der Waals surface area contributed by atoms with E-state index in [4.69, 9.17) is 16.1 Å². The van der Waals surface area contributed by atoms with Crippen LogP contribution in [0.3, 0.4) is 0 Å². The predicted octanol–water partition coefficient (Wildman–Crippen LogP) is 2.55. The van der Waals surface area contributed by atoms with E-state index in [1.807, 2.05) is 24.3 Å². The van der Waals surface area contributed by atoms with Gasteiger partial charge in [0, 0.05) is 24.5 Å². The lowest BCUT2D eigenvalue weighted by Crippen LogP contribution is -2.24. The molecule has 2 aromatic rings. The number of aromatic nitrogens is 2. The fraction of sp³-hybridized carbons (Fsp3) is 0.357. The van der Waals surface area contributed by atoms with Crippen molar-refractivity contribution in [3.05, 3.63) is 46.6 Å². The minimum atomic E-state index is -0.0220. The molecule has 6 heteroatoms. The first-order valence-corrected chi connectivity index (χ1v) is 6.82. The standard InChI is InChI=1S/C14H14ClN3O2/c1-9-16-14(20-17-9)11-6-13(19)18(8-11)7-10-4-2-3-5-12(10)15/h2-5,11H,6-8H2,1H3. The second-order valence-corrected chi connectivity index (χ2v) is 5.35. The first-order chi connectivity index (χ1) is 9.63. The van der Waals surface area contributed by atoms with Crippen LogP contribution < -0.4 is 0 Å². The van der Waals surface area contributed by atoms with Crippen molar-refractivity contribution in [3.63, 3.8) is 0 Å². The number of aryl methyl sites for hydroxylation is 1. The number of carbonyl (C=O) groups excluding carboxylic acids is 1. The molecule has 1 fully saturated rings. The van der Waals surface area contributed by atoms with Gasteiger partial charge >= 0.3 is 0 Å². The summed E-state index contributed by atoms with van der Waals surface area (Å²) in [6, 6.07) is 7.55. The van der Waals surface area contributed by atoms with Crippen LogP contribution in [0.25, 0.3) is 0 Å². The van der Waals surface area contributed by atoms with E-state index in [2.05, 4.69) is 10.1 Å². The number of benzene rings is 1. The number of likely N-dealkylation sites (tertiary alicyclic amines) is 1. The molecule has 1 aliphatic heterocycles. The summed E-state index contributed by atoms with van der Waals surface area (Å²) in [6.45, 7) is 2.87. The second-order valence-electron chi connectivity index (χ2n) is 4.95. The molecule has 0 bridgehead atoms. The van der Waals surface area contributed by atoms with E-state index in [0.717, 1.165) is 5.56 Å². The molecule has 1 amide bonds. The molecule has 1 atom stereocenters. The van der Waals surface area contributed by atoms with Crippen LogP contribution >= 0.6 is 11.6 Å². The largest absolute Gasteiger partial charge is 0.339 e. The Morgan fingerprint density at radius 1 is 1.45 bits per heavy atom. The molecule has 20 heavy (non-hydrogen) atoms. The highest BCUT2D eigenvalue weighted by molar-refractivity contribution is 6.31. The van der Waals surface area contributed by atoms with Crippen molar-refractivity contribution < 1.29 is 9.32 Å². The Hall–Kier alpha value is -1.88. The van der Waals surface area contributed by atoms with Crippen molar-refractivity contribution in [2.24, 2.45) is 0 Å². The van der Waals surface area contributed by atoms with Crippen LogP contribution in [-0.2, 0) is 11.3 Å². The topological polar surface area (TPSA) is 59.2 Å². The molecular weight excluding hydrogens is 278 g/mol. The minimum absolute atomic E-state index is 0.0220. The second kappa shape index (κ2) is 5.25. The lowest BCUT2D eigenvalue weighted by molar-refractivity contribution is -0.128. The molecule has 0 radical (unpaired) electrons. The Bertz CT molecular complexity index is 641. The summed E-state index contributed by atoms with van der Waals surface area (Å²) in [6.07, 6.45) is 0.409. The molecule has 0 spiro atoms. The summed E-state index contributed by atoms with van der Waals surface area (Å²) in [5, 5.41) is 4.45. The van der Waals surface area contributed by atoms with Gasteiger partial charge < -0.3 is 9.42 Å². The van der Waals surface area contributed by atoms with Gasteiger partial charge in [0.1, 0.15) is 0 Å². The Kier molecular flexibility index (Phi) is 3.44. The van der Waals surface area contributed by atoms with Crippen LogP contribution in [0.2, 0.25) is 5.02 Å². The van der Waals surface area contributed by atoms with Crippen molar-refractivity contribution in [2.75, 3.05) is 6.54 Å². The maximum absolute atomic E-state index is 12.1. The molecule has 0 saturated carbocycles. The molecule has 1 aliphatic rings. The molecule has 1 saturated heterocycles. The zero-order chi connectivity index (χ0) is 14.1. The van der Waals surface area contributed by atoms with Gasteiger partial charge in [-0.1, -0.05) is 35.0 Å². The van der Waals surface area contributed by atoms with Crippen molar-refractivity contribution in [2.45, 2.75) is 25.8 Å². The average Bonchev–Trinajstić information content (AvgIpc) is 2.99. The third-order valence-electron chi connectivity index (χ3n) is 3.43. The molecule has 0 aliphatic carbocycles. The van der Waals surface area contributed by atoms with Crippen molar-refractivity contribution in [3.8, 4) is 0 Å². The van der Waals surface area contributed by atoms with Crippen LogP contribution in [-0.4, -0.2) is 27.5 Å². The Balaban J connectivity index is 1.73. The lowest BCUT2D eigenvalue weighted by Gasteiger charge is -2.16. The van der Waals surface area contributed by atoms with Crippen molar-refractivity contribution in [1.29, 1.82) is 0 Å². The first-order valence-electron chi connectivity index (χ1n) is 6.45. The average molecular weight is 292 g/mol. The summed E-state index contributed by atoms with van der Waals surface area (Å²) >= 11 is 6.13. The molecule has 104 valence electrons. The molecule has 3 rings (SSSR count). The Morgan fingerprint density at radius 2 is 2.25 bits per heavy atom. The quantitative estimate of drug-likeness (QED) is 0.872. The zero-order valence-corrected chi connectivity index (χ0v) is 11.8. The van der Waals surface area contributed by atoms with Crippen molar-refractivity contribution >= 4 is 17.5 Å². The molecule has 1 aromatic heterocycles. The van der Waals surface area contributed by atoms with Gasteiger partial charge in [-0.2, -0.15) is 4.98 Å². The van der Waals surface area contributed by atoms with Crippen LogP contribution in [0, 0.1) is 6.92 Å². The summed E-state index contributed by atoms with van der Waals surface area (Å²) < 4.78 is 5.15. The highest BCUT2D eigenvalue weighted by Crippen LogP contribution is 2.29. The molecule has 1 unspecified atom stereocenters. The summed E-state index contributed by atoms with van der Waals surface area (Å²) in [4.78, 5) is 18.1. The number of carbonyl (C=O) groups is 1. The predicted molar refractivity (Wildman–Crippen MR) is 73.3 cm³/mol.